The summed E-state index contributed by atoms with van der Waals surface area (Å²) in [6.45, 7) is 3.99. The number of nitrogens with one attached hydrogen (secondary N) is 1. The fourth-order valence-corrected chi connectivity index (χ4v) is 1.90. The molecule has 3 heteroatoms. The minimum Gasteiger partial charge on any atom is -0.326 e. The van der Waals surface area contributed by atoms with E-state index < -0.39 is 0 Å². The van der Waals surface area contributed by atoms with Gasteiger partial charge in [0, 0.05) is 5.69 Å². The average molecular weight is 257 g/mol. The van der Waals surface area contributed by atoms with Crippen molar-refractivity contribution in [2.45, 2.75) is 20.3 Å². The summed E-state index contributed by atoms with van der Waals surface area (Å²) in [7, 11) is 0. The lowest BCUT2D eigenvalue weighted by atomic mass is 10.0. The first kappa shape index (κ1) is 13.3. The van der Waals surface area contributed by atoms with Gasteiger partial charge in [-0.25, -0.2) is 4.39 Å². The molecule has 19 heavy (non-hydrogen) atoms. The first-order valence-electron chi connectivity index (χ1n) is 6.16. The van der Waals surface area contributed by atoms with Crippen molar-refractivity contribution in [1.82, 2.24) is 0 Å². The summed E-state index contributed by atoms with van der Waals surface area (Å²) in [4.78, 5) is 11.9. The standard InChI is InChI=1S/C16H16FNO/c1-11-3-4-12(2)13(9-11)10-16(19)18-15-7-5-14(17)6-8-15/h3-9H,10H2,1-2H3,(H,18,19). The van der Waals surface area contributed by atoms with Crippen molar-refractivity contribution in [3.05, 3.63) is 65.0 Å². The van der Waals surface area contributed by atoms with E-state index in [-0.39, 0.29) is 11.7 Å². The van der Waals surface area contributed by atoms with Crippen LogP contribution in [0.5, 0.6) is 0 Å². The van der Waals surface area contributed by atoms with Gasteiger partial charge >= 0.3 is 0 Å². The minimum atomic E-state index is -0.312. The van der Waals surface area contributed by atoms with E-state index >= 15 is 0 Å². The summed E-state index contributed by atoms with van der Waals surface area (Å²) < 4.78 is 12.8. The van der Waals surface area contributed by atoms with E-state index in [0.29, 0.717) is 12.1 Å². The zero-order valence-electron chi connectivity index (χ0n) is 11.0. The van der Waals surface area contributed by atoms with E-state index in [9.17, 15) is 9.18 Å². The Morgan fingerprint density at radius 2 is 1.79 bits per heavy atom. The third kappa shape index (κ3) is 3.65. The fourth-order valence-electron chi connectivity index (χ4n) is 1.90. The lowest BCUT2D eigenvalue weighted by Gasteiger charge is -2.08. The predicted molar refractivity (Wildman–Crippen MR) is 74.6 cm³/mol. The maximum atomic E-state index is 12.8. The molecule has 0 atom stereocenters. The Labute approximate surface area is 112 Å². The van der Waals surface area contributed by atoms with E-state index in [1.807, 2.05) is 32.0 Å². The summed E-state index contributed by atoms with van der Waals surface area (Å²) >= 11 is 0. The van der Waals surface area contributed by atoms with Gasteiger partial charge in [0.1, 0.15) is 5.82 Å². The molecule has 0 aliphatic carbocycles. The van der Waals surface area contributed by atoms with Crippen LogP contribution in [0, 0.1) is 19.7 Å². The molecule has 0 unspecified atom stereocenters. The van der Waals surface area contributed by atoms with Crippen molar-refractivity contribution in [3.63, 3.8) is 0 Å². The van der Waals surface area contributed by atoms with Gasteiger partial charge in [-0.15, -0.1) is 0 Å². The zero-order chi connectivity index (χ0) is 13.8. The second kappa shape index (κ2) is 5.65. The van der Waals surface area contributed by atoms with Crippen LogP contribution in [0.25, 0.3) is 0 Å². The monoisotopic (exact) mass is 257 g/mol. The highest BCUT2D eigenvalue weighted by atomic mass is 19.1. The van der Waals surface area contributed by atoms with Crippen molar-refractivity contribution in [3.8, 4) is 0 Å². The molecule has 2 nitrogen and oxygen atoms in total. The molecule has 0 bridgehead atoms. The number of carbonyl (C=O) groups is 1. The maximum absolute atomic E-state index is 12.8. The molecule has 0 saturated heterocycles. The summed E-state index contributed by atoms with van der Waals surface area (Å²) in [5.41, 5.74) is 3.85. The van der Waals surface area contributed by atoms with E-state index in [1.165, 1.54) is 12.1 Å². The van der Waals surface area contributed by atoms with Gasteiger partial charge in [-0.3, -0.25) is 4.79 Å². The van der Waals surface area contributed by atoms with Crippen molar-refractivity contribution in [2.24, 2.45) is 0 Å². The van der Waals surface area contributed by atoms with Crippen LogP contribution >= 0.6 is 0 Å². The summed E-state index contributed by atoms with van der Waals surface area (Å²) in [6, 6.07) is 11.8. The third-order valence-corrected chi connectivity index (χ3v) is 2.98. The van der Waals surface area contributed by atoms with Crippen LogP contribution in [-0.2, 0) is 11.2 Å². The second-order valence-electron chi connectivity index (χ2n) is 4.66. The van der Waals surface area contributed by atoms with E-state index in [4.69, 9.17) is 0 Å². The van der Waals surface area contributed by atoms with Gasteiger partial charge in [0.05, 0.1) is 6.42 Å². The molecule has 0 heterocycles. The van der Waals surface area contributed by atoms with Gasteiger partial charge in [0.25, 0.3) is 0 Å². The molecular weight excluding hydrogens is 241 g/mol. The number of rotatable bonds is 3. The molecular formula is C16H16FNO. The molecule has 0 saturated carbocycles. The number of halogens is 1. The number of hydrogen-bond donors (Lipinski definition) is 1. The quantitative estimate of drug-likeness (QED) is 0.894. The van der Waals surface area contributed by atoms with Gasteiger partial charge in [-0.05, 0) is 49.2 Å². The van der Waals surface area contributed by atoms with Crippen LogP contribution < -0.4 is 5.32 Å². The molecule has 1 amide bonds. The van der Waals surface area contributed by atoms with Gasteiger partial charge < -0.3 is 5.32 Å². The number of anilines is 1. The molecule has 2 rings (SSSR count). The van der Waals surface area contributed by atoms with Crippen LogP contribution in [0.2, 0.25) is 0 Å². The lowest BCUT2D eigenvalue weighted by Crippen LogP contribution is -2.15. The first-order valence-corrected chi connectivity index (χ1v) is 6.16. The molecule has 0 aliphatic heterocycles. The molecule has 2 aromatic carbocycles. The Kier molecular flexibility index (Phi) is 3.95. The van der Waals surface area contributed by atoms with Crippen molar-refractivity contribution in [1.29, 1.82) is 0 Å². The highest BCUT2D eigenvalue weighted by Crippen LogP contribution is 2.13. The highest BCUT2D eigenvalue weighted by Gasteiger charge is 2.06. The first-order chi connectivity index (χ1) is 9.04. The largest absolute Gasteiger partial charge is 0.326 e. The van der Waals surface area contributed by atoms with Crippen LogP contribution in [0.1, 0.15) is 16.7 Å². The second-order valence-corrected chi connectivity index (χ2v) is 4.66. The summed E-state index contributed by atoms with van der Waals surface area (Å²) in [6.07, 6.45) is 0.324. The van der Waals surface area contributed by atoms with Crippen molar-refractivity contribution in [2.75, 3.05) is 5.32 Å². The van der Waals surface area contributed by atoms with Crippen LogP contribution in [0.3, 0.4) is 0 Å². The lowest BCUT2D eigenvalue weighted by molar-refractivity contribution is -0.115. The Morgan fingerprint density at radius 1 is 1.11 bits per heavy atom. The van der Waals surface area contributed by atoms with Gasteiger partial charge in [-0.2, -0.15) is 0 Å². The number of hydrogen-bond acceptors (Lipinski definition) is 1. The topological polar surface area (TPSA) is 29.1 Å². The van der Waals surface area contributed by atoms with Crippen molar-refractivity contribution >= 4 is 11.6 Å². The molecule has 0 spiro atoms. The number of aryl methyl sites for hydroxylation is 2. The molecule has 0 fully saturated rings. The Morgan fingerprint density at radius 3 is 2.47 bits per heavy atom. The van der Waals surface area contributed by atoms with Gasteiger partial charge in [0.15, 0.2) is 0 Å². The fraction of sp³-hybridized carbons (Fsp3) is 0.188. The average Bonchev–Trinajstić information content (AvgIpc) is 2.37. The van der Waals surface area contributed by atoms with E-state index in [2.05, 4.69) is 5.32 Å². The Balaban J connectivity index is 2.05. The number of amides is 1. The predicted octanol–water partition coefficient (Wildman–Crippen LogP) is 3.62. The SMILES string of the molecule is Cc1ccc(C)c(CC(=O)Nc2ccc(F)cc2)c1. The van der Waals surface area contributed by atoms with E-state index in [1.54, 1.807) is 12.1 Å². The normalized spacial score (nSPS) is 10.3. The molecule has 98 valence electrons. The number of benzene rings is 2. The summed E-state index contributed by atoms with van der Waals surface area (Å²) in [5.74, 6) is -0.409. The molecule has 0 radical (unpaired) electrons. The Hall–Kier alpha value is -2.16. The van der Waals surface area contributed by atoms with Gasteiger partial charge in [0.2, 0.25) is 5.91 Å². The minimum absolute atomic E-state index is 0.0969. The number of carbonyl (C=O) groups excluding carboxylic acids is 1. The smallest absolute Gasteiger partial charge is 0.228 e. The molecule has 2 aromatic rings. The van der Waals surface area contributed by atoms with Gasteiger partial charge in [-0.1, -0.05) is 23.8 Å². The molecule has 1 N–H and O–H groups in total. The Bertz CT molecular complexity index is 590. The molecule has 0 aliphatic rings. The van der Waals surface area contributed by atoms with Crippen LogP contribution in [0.15, 0.2) is 42.5 Å². The highest BCUT2D eigenvalue weighted by molar-refractivity contribution is 5.92. The van der Waals surface area contributed by atoms with Crippen LogP contribution in [-0.4, -0.2) is 5.91 Å². The van der Waals surface area contributed by atoms with Crippen LogP contribution in [0.4, 0.5) is 10.1 Å². The summed E-state index contributed by atoms with van der Waals surface area (Å²) in [5, 5.41) is 2.76. The van der Waals surface area contributed by atoms with Crippen molar-refractivity contribution < 1.29 is 9.18 Å². The molecule has 0 aromatic heterocycles. The third-order valence-electron chi connectivity index (χ3n) is 2.98. The zero-order valence-corrected chi connectivity index (χ0v) is 11.0. The van der Waals surface area contributed by atoms with E-state index in [0.717, 1.165) is 16.7 Å². The maximum Gasteiger partial charge on any atom is 0.228 e.